The highest BCUT2D eigenvalue weighted by Gasteiger charge is 2.04. The largest absolute Gasteiger partial charge is 0.349 e. The lowest BCUT2D eigenvalue weighted by molar-refractivity contribution is -0.00268. The fourth-order valence-electron chi connectivity index (χ4n) is 0.511. The molecule has 0 amide bonds. The summed E-state index contributed by atoms with van der Waals surface area (Å²) in [5.74, 6) is 0.871. The molecule has 0 saturated carbocycles. The van der Waals surface area contributed by atoms with Crippen molar-refractivity contribution in [2.75, 3.05) is 20.0 Å². The number of ether oxygens (including phenoxy) is 2. The van der Waals surface area contributed by atoms with Gasteiger partial charge in [0.2, 0.25) is 6.29 Å². The fourth-order valence-corrected chi connectivity index (χ4v) is 0.669. The van der Waals surface area contributed by atoms with Crippen molar-refractivity contribution in [3.05, 3.63) is 6.29 Å². The summed E-state index contributed by atoms with van der Waals surface area (Å²) in [5.41, 5.74) is 0. The predicted octanol–water partition coefficient (Wildman–Crippen LogP) is 1.48. The van der Waals surface area contributed by atoms with Gasteiger partial charge in [-0.1, -0.05) is 0 Å². The van der Waals surface area contributed by atoms with Crippen LogP contribution in [0, 0.1) is 6.29 Å². The summed E-state index contributed by atoms with van der Waals surface area (Å²) in [6.07, 6.45) is 2.53. The quantitative estimate of drug-likeness (QED) is 0.597. The molecule has 0 fully saturated rings. The van der Waals surface area contributed by atoms with E-state index in [1.165, 1.54) is 0 Å². The average Bonchev–Trinajstić information content (AvgIpc) is 1.91. The Bertz CT molecular complexity index is 55.0. The predicted molar refractivity (Wildman–Crippen MR) is 40.3 cm³/mol. The van der Waals surface area contributed by atoms with Crippen LogP contribution in [0.5, 0.6) is 0 Å². The van der Waals surface area contributed by atoms with Gasteiger partial charge in [0.15, 0.2) is 0 Å². The molecule has 1 radical (unpaired) electrons. The highest BCUT2D eigenvalue weighted by atomic mass is 32.1. The van der Waals surface area contributed by atoms with Crippen molar-refractivity contribution in [1.29, 1.82) is 0 Å². The number of rotatable bonds is 5. The van der Waals surface area contributed by atoms with E-state index < -0.39 is 0 Å². The minimum Gasteiger partial charge on any atom is -0.349 e. The average molecular weight is 149 g/mol. The summed E-state index contributed by atoms with van der Waals surface area (Å²) >= 11 is 4.05. The molecule has 2 nitrogen and oxygen atoms in total. The van der Waals surface area contributed by atoms with Crippen LogP contribution in [0.4, 0.5) is 0 Å². The first kappa shape index (κ1) is 9.27. The highest BCUT2D eigenvalue weighted by Crippen LogP contribution is 2.09. The second-order valence-electron chi connectivity index (χ2n) is 1.61. The van der Waals surface area contributed by atoms with Crippen molar-refractivity contribution in [3.8, 4) is 0 Å². The van der Waals surface area contributed by atoms with E-state index in [0.717, 1.165) is 18.6 Å². The summed E-state index contributed by atoms with van der Waals surface area (Å²) < 4.78 is 9.72. The van der Waals surface area contributed by atoms with E-state index in [9.17, 15) is 0 Å². The maximum absolute atomic E-state index is 4.86. The molecule has 0 aliphatic heterocycles. The molecule has 9 heavy (non-hydrogen) atoms. The molecule has 0 rings (SSSR count). The van der Waals surface area contributed by atoms with Crippen LogP contribution in [0.25, 0.3) is 0 Å². The van der Waals surface area contributed by atoms with Crippen LogP contribution in [0.15, 0.2) is 0 Å². The van der Waals surface area contributed by atoms with E-state index in [0.29, 0.717) is 6.29 Å². The maximum Gasteiger partial charge on any atom is 0.223 e. The van der Waals surface area contributed by atoms with Crippen molar-refractivity contribution < 1.29 is 9.47 Å². The Morgan fingerprint density at radius 3 is 2.22 bits per heavy atom. The first-order valence-electron chi connectivity index (χ1n) is 2.89. The van der Waals surface area contributed by atoms with Crippen molar-refractivity contribution >= 4 is 12.6 Å². The second-order valence-corrected chi connectivity index (χ2v) is 2.05. The SMILES string of the molecule is CO[C](CCCS)OC. The van der Waals surface area contributed by atoms with Crippen molar-refractivity contribution in [2.45, 2.75) is 12.8 Å². The fraction of sp³-hybridized carbons (Fsp3) is 0.833. The van der Waals surface area contributed by atoms with Crippen LogP contribution in [-0.4, -0.2) is 20.0 Å². The monoisotopic (exact) mass is 149 g/mol. The van der Waals surface area contributed by atoms with Gasteiger partial charge in [0.25, 0.3) is 0 Å². The number of methoxy groups -OCH3 is 2. The van der Waals surface area contributed by atoms with Crippen molar-refractivity contribution in [1.82, 2.24) is 0 Å². The molecule has 0 heterocycles. The Balaban J connectivity index is 3.09. The molecular formula is C6H13O2S. The summed E-state index contributed by atoms with van der Waals surface area (Å²) in [6.45, 7) is 0. The molecule has 0 aliphatic rings. The number of hydrogen-bond donors (Lipinski definition) is 1. The van der Waals surface area contributed by atoms with Gasteiger partial charge in [-0.25, -0.2) is 0 Å². The van der Waals surface area contributed by atoms with E-state index in [-0.39, 0.29) is 0 Å². The molecule has 0 bridgehead atoms. The van der Waals surface area contributed by atoms with Gasteiger partial charge in [-0.2, -0.15) is 12.6 Å². The zero-order chi connectivity index (χ0) is 7.11. The van der Waals surface area contributed by atoms with Gasteiger partial charge in [-0.3, -0.25) is 0 Å². The van der Waals surface area contributed by atoms with Gasteiger partial charge in [-0.15, -0.1) is 0 Å². The Kier molecular flexibility index (Phi) is 6.58. The lowest BCUT2D eigenvalue weighted by atomic mass is 10.3. The third kappa shape index (κ3) is 4.75. The van der Waals surface area contributed by atoms with Gasteiger partial charge in [0.1, 0.15) is 0 Å². The van der Waals surface area contributed by atoms with E-state index in [2.05, 4.69) is 12.6 Å². The molecule has 3 heteroatoms. The van der Waals surface area contributed by atoms with Crippen LogP contribution in [0.1, 0.15) is 12.8 Å². The minimum atomic E-state index is 0.684. The normalized spacial score (nSPS) is 10.7. The van der Waals surface area contributed by atoms with Crippen molar-refractivity contribution in [2.24, 2.45) is 0 Å². The summed E-state index contributed by atoms with van der Waals surface area (Å²) in [7, 11) is 3.22. The minimum absolute atomic E-state index is 0.684. The smallest absolute Gasteiger partial charge is 0.223 e. The van der Waals surface area contributed by atoms with Crippen molar-refractivity contribution in [3.63, 3.8) is 0 Å². The van der Waals surface area contributed by atoms with Crippen LogP contribution in [0.2, 0.25) is 0 Å². The lowest BCUT2D eigenvalue weighted by Gasteiger charge is -2.08. The molecule has 55 valence electrons. The highest BCUT2D eigenvalue weighted by molar-refractivity contribution is 7.80. The number of hydrogen-bond acceptors (Lipinski definition) is 3. The summed E-state index contributed by atoms with van der Waals surface area (Å²) in [6, 6.07) is 0. The van der Waals surface area contributed by atoms with Gasteiger partial charge in [0.05, 0.1) is 0 Å². The second kappa shape index (κ2) is 6.39. The van der Waals surface area contributed by atoms with E-state index in [1.807, 2.05) is 0 Å². The Labute approximate surface area is 61.9 Å². The van der Waals surface area contributed by atoms with Gasteiger partial charge in [-0.05, 0) is 12.2 Å². The molecule has 0 unspecified atom stereocenters. The van der Waals surface area contributed by atoms with Crippen LogP contribution in [-0.2, 0) is 9.47 Å². The summed E-state index contributed by atoms with van der Waals surface area (Å²) in [5, 5.41) is 0. The summed E-state index contributed by atoms with van der Waals surface area (Å²) in [4.78, 5) is 0. The molecule has 0 aromatic rings. The van der Waals surface area contributed by atoms with Crippen LogP contribution < -0.4 is 0 Å². The van der Waals surface area contributed by atoms with Gasteiger partial charge in [0, 0.05) is 20.6 Å². The molecule has 0 aliphatic carbocycles. The molecular weight excluding hydrogens is 136 g/mol. The molecule has 0 N–H and O–H groups in total. The van der Waals surface area contributed by atoms with Crippen LogP contribution in [0.3, 0.4) is 0 Å². The molecule has 0 atom stereocenters. The van der Waals surface area contributed by atoms with Gasteiger partial charge >= 0.3 is 0 Å². The third-order valence-corrected chi connectivity index (χ3v) is 1.31. The maximum atomic E-state index is 4.86. The number of thiol groups is 1. The zero-order valence-electron chi connectivity index (χ0n) is 5.89. The standard InChI is InChI=1S/C6H13O2S/c1-7-6(8-2)4-3-5-9/h9H,3-5H2,1-2H3. The van der Waals surface area contributed by atoms with Gasteiger partial charge < -0.3 is 9.47 Å². The van der Waals surface area contributed by atoms with E-state index in [1.54, 1.807) is 14.2 Å². The zero-order valence-corrected chi connectivity index (χ0v) is 6.78. The molecule has 0 aromatic carbocycles. The molecule has 0 spiro atoms. The first-order valence-corrected chi connectivity index (χ1v) is 3.53. The first-order chi connectivity index (χ1) is 4.35. The lowest BCUT2D eigenvalue weighted by Crippen LogP contribution is -2.02. The topological polar surface area (TPSA) is 18.5 Å². The van der Waals surface area contributed by atoms with Crippen LogP contribution >= 0.6 is 12.6 Å². The Morgan fingerprint density at radius 1 is 1.33 bits per heavy atom. The molecule has 0 aromatic heterocycles. The Morgan fingerprint density at radius 2 is 1.89 bits per heavy atom. The van der Waals surface area contributed by atoms with E-state index >= 15 is 0 Å². The molecule has 0 saturated heterocycles. The van der Waals surface area contributed by atoms with E-state index in [4.69, 9.17) is 9.47 Å². The third-order valence-electron chi connectivity index (χ3n) is 0.994. The Hall–Kier alpha value is 0.270.